The van der Waals surface area contributed by atoms with Crippen LogP contribution in [0.25, 0.3) is 0 Å². The second-order valence-corrected chi connectivity index (χ2v) is 4.59. The Labute approximate surface area is 85.1 Å². The van der Waals surface area contributed by atoms with Crippen LogP contribution in [-0.4, -0.2) is 41.5 Å². The van der Waals surface area contributed by atoms with Gasteiger partial charge in [0.05, 0.1) is 6.10 Å². The number of aliphatic hydroxyl groups excluding tert-OH is 1. The number of β-amino-alcohol motifs (C(OH)–C–C–N with tert-alkyl or cyclic N) is 1. The highest BCUT2D eigenvalue weighted by molar-refractivity contribution is 5.82. The Balaban J connectivity index is 1.69. The second kappa shape index (κ2) is 4.41. The van der Waals surface area contributed by atoms with Gasteiger partial charge in [0.25, 0.3) is 0 Å². The van der Waals surface area contributed by atoms with Crippen LogP contribution in [0.1, 0.15) is 32.1 Å². The summed E-state index contributed by atoms with van der Waals surface area (Å²) in [4.78, 5) is 13.6. The molecule has 1 saturated heterocycles. The maximum atomic E-state index is 11.4. The van der Waals surface area contributed by atoms with Crippen LogP contribution >= 0.6 is 0 Å². The molecule has 1 saturated carbocycles. The number of hydrogen-bond acceptors (Lipinski definition) is 3. The maximum absolute atomic E-state index is 11.4. The first-order valence-electron chi connectivity index (χ1n) is 5.69. The van der Waals surface area contributed by atoms with Gasteiger partial charge in [-0.3, -0.25) is 4.79 Å². The average Bonchev–Trinajstić information content (AvgIpc) is 2.72. The lowest BCUT2D eigenvalue weighted by atomic mass is 10.0. The molecule has 1 aliphatic carbocycles. The zero-order chi connectivity index (χ0) is 9.97. The fourth-order valence-electron chi connectivity index (χ4n) is 2.55. The van der Waals surface area contributed by atoms with E-state index in [1.165, 1.54) is 0 Å². The molecule has 1 aliphatic heterocycles. The third-order valence-electron chi connectivity index (χ3n) is 3.47. The van der Waals surface area contributed by atoms with Crippen molar-refractivity contribution >= 4 is 5.78 Å². The Morgan fingerprint density at radius 2 is 2.29 bits per heavy atom. The summed E-state index contributed by atoms with van der Waals surface area (Å²) in [5.74, 6) is 0.789. The predicted molar refractivity (Wildman–Crippen MR) is 54.0 cm³/mol. The third-order valence-corrected chi connectivity index (χ3v) is 3.47. The van der Waals surface area contributed by atoms with E-state index in [9.17, 15) is 9.90 Å². The SMILES string of the molecule is O=C1CCCC1CCN1CCC(O)C1. The molecule has 0 aromatic carbocycles. The number of ketones is 1. The monoisotopic (exact) mass is 197 g/mol. The lowest BCUT2D eigenvalue weighted by molar-refractivity contribution is -0.120. The van der Waals surface area contributed by atoms with Crippen molar-refractivity contribution in [3.05, 3.63) is 0 Å². The minimum absolute atomic E-state index is 0.130. The van der Waals surface area contributed by atoms with Gasteiger partial charge in [0.15, 0.2) is 0 Å². The molecule has 1 N–H and O–H groups in total. The summed E-state index contributed by atoms with van der Waals surface area (Å²) in [6, 6.07) is 0. The van der Waals surface area contributed by atoms with E-state index in [-0.39, 0.29) is 6.10 Å². The van der Waals surface area contributed by atoms with E-state index in [1.807, 2.05) is 0 Å². The summed E-state index contributed by atoms with van der Waals surface area (Å²) in [5, 5.41) is 9.33. The highest BCUT2D eigenvalue weighted by Gasteiger charge is 2.26. The molecule has 0 spiro atoms. The number of carbonyl (C=O) groups is 1. The summed E-state index contributed by atoms with van der Waals surface area (Å²) in [7, 11) is 0. The normalized spacial score (nSPS) is 34.2. The van der Waals surface area contributed by atoms with Gasteiger partial charge in [-0.25, -0.2) is 0 Å². The number of likely N-dealkylation sites (tertiary alicyclic amines) is 1. The lowest BCUT2D eigenvalue weighted by Crippen LogP contribution is -2.25. The van der Waals surface area contributed by atoms with Gasteiger partial charge in [-0.05, 0) is 32.2 Å². The maximum Gasteiger partial charge on any atom is 0.136 e. The summed E-state index contributed by atoms with van der Waals surface area (Å²) < 4.78 is 0. The summed E-state index contributed by atoms with van der Waals surface area (Å²) in [6.07, 6.45) is 4.76. The van der Waals surface area contributed by atoms with Gasteiger partial charge in [-0.15, -0.1) is 0 Å². The Morgan fingerprint density at radius 1 is 1.43 bits per heavy atom. The Hall–Kier alpha value is -0.410. The number of aliphatic hydroxyl groups is 1. The van der Waals surface area contributed by atoms with Gasteiger partial charge in [0.2, 0.25) is 0 Å². The topological polar surface area (TPSA) is 40.5 Å². The lowest BCUT2D eigenvalue weighted by Gasteiger charge is -2.16. The zero-order valence-electron chi connectivity index (χ0n) is 8.61. The molecule has 2 atom stereocenters. The van der Waals surface area contributed by atoms with Crippen molar-refractivity contribution in [3.63, 3.8) is 0 Å². The molecule has 2 fully saturated rings. The first-order chi connectivity index (χ1) is 6.75. The van der Waals surface area contributed by atoms with Crippen LogP contribution in [-0.2, 0) is 4.79 Å². The van der Waals surface area contributed by atoms with Crippen LogP contribution in [0.15, 0.2) is 0 Å². The van der Waals surface area contributed by atoms with Crippen LogP contribution in [0.4, 0.5) is 0 Å². The fourth-order valence-corrected chi connectivity index (χ4v) is 2.55. The molecule has 2 unspecified atom stereocenters. The van der Waals surface area contributed by atoms with E-state index in [0.717, 1.165) is 51.7 Å². The van der Waals surface area contributed by atoms with E-state index in [2.05, 4.69) is 4.90 Å². The van der Waals surface area contributed by atoms with Crippen molar-refractivity contribution in [1.82, 2.24) is 4.90 Å². The second-order valence-electron chi connectivity index (χ2n) is 4.59. The minimum atomic E-state index is -0.130. The number of hydrogen-bond donors (Lipinski definition) is 1. The van der Waals surface area contributed by atoms with E-state index < -0.39 is 0 Å². The number of rotatable bonds is 3. The molecular weight excluding hydrogens is 178 g/mol. The van der Waals surface area contributed by atoms with Crippen molar-refractivity contribution in [1.29, 1.82) is 0 Å². The molecule has 14 heavy (non-hydrogen) atoms. The highest BCUT2D eigenvalue weighted by atomic mass is 16.3. The van der Waals surface area contributed by atoms with Crippen LogP contribution in [0.5, 0.6) is 0 Å². The number of Topliss-reactive ketones (excluding diaryl/α,β-unsaturated/α-hetero) is 1. The number of carbonyl (C=O) groups excluding carboxylic acids is 1. The van der Waals surface area contributed by atoms with Gasteiger partial charge in [-0.1, -0.05) is 0 Å². The standard InChI is InChI=1S/C11H19NO2/c13-10-5-7-12(8-10)6-4-9-2-1-3-11(9)14/h9-10,13H,1-8H2. The fraction of sp³-hybridized carbons (Fsp3) is 0.909. The quantitative estimate of drug-likeness (QED) is 0.728. The molecule has 1 heterocycles. The van der Waals surface area contributed by atoms with Gasteiger partial charge in [-0.2, -0.15) is 0 Å². The largest absolute Gasteiger partial charge is 0.392 e. The van der Waals surface area contributed by atoms with Crippen molar-refractivity contribution in [2.75, 3.05) is 19.6 Å². The molecule has 3 heteroatoms. The molecule has 2 aliphatic rings. The van der Waals surface area contributed by atoms with Gasteiger partial charge in [0, 0.05) is 25.4 Å². The van der Waals surface area contributed by atoms with Crippen LogP contribution in [0.3, 0.4) is 0 Å². The van der Waals surface area contributed by atoms with Gasteiger partial charge < -0.3 is 10.0 Å². The Morgan fingerprint density at radius 3 is 2.86 bits per heavy atom. The first-order valence-corrected chi connectivity index (χ1v) is 5.69. The molecular formula is C11H19NO2. The van der Waals surface area contributed by atoms with Gasteiger partial charge >= 0.3 is 0 Å². The average molecular weight is 197 g/mol. The highest BCUT2D eigenvalue weighted by Crippen LogP contribution is 2.25. The molecule has 80 valence electrons. The Bertz CT molecular complexity index is 217. The zero-order valence-corrected chi connectivity index (χ0v) is 8.61. The Kier molecular flexibility index (Phi) is 3.19. The van der Waals surface area contributed by atoms with E-state index >= 15 is 0 Å². The molecule has 2 rings (SSSR count). The smallest absolute Gasteiger partial charge is 0.136 e. The minimum Gasteiger partial charge on any atom is -0.392 e. The van der Waals surface area contributed by atoms with Gasteiger partial charge in [0.1, 0.15) is 5.78 Å². The van der Waals surface area contributed by atoms with Crippen LogP contribution in [0, 0.1) is 5.92 Å². The van der Waals surface area contributed by atoms with Crippen molar-refractivity contribution in [2.45, 2.75) is 38.2 Å². The van der Waals surface area contributed by atoms with Crippen LogP contribution < -0.4 is 0 Å². The van der Waals surface area contributed by atoms with E-state index in [4.69, 9.17) is 0 Å². The van der Waals surface area contributed by atoms with Crippen molar-refractivity contribution in [3.8, 4) is 0 Å². The number of nitrogens with zero attached hydrogens (tertiary/aromatic N) is 1. The summed E-state index contributed by atoms with van der Waals surface area (Å²) in [6.45, 7) is 2.80. The van der Waals surface area contributed by atoms with E-state index in [1.54, 1.807) is 0 Å². The molecule has 0 amide bonds. The molecule has 3 nitrogen and oxygen atoms in total. The summed E-state index contributed by atoms with van der Waals surface area (Å²) in [5.41, 5.74) is 0. The predicted octanol–water partition coefficient (Wildman–Crippen LogP) is 0.812. The molecule has 0 aromatic heterocycles. The molecule has 0 bridgehead atoms. The van der Waals surface area contributed by atoms with E-state index in [0.29, 0.717) is 11.7 Å². The molecule has 0 radical (unpaired) electrons. The van der Waals surface area contributed by atoms with Crippen molar-refractivity contribution in [2.24, 2.45) is 5.92 Å². The molecule has 0 aromatic rings. The summed E-state index contributed by atoms with van der Waals surface area (Å²) >= 11 is 0. The van der Waals surface area contributed by atoms with Crippen LogP contribution in [0.2, 0.25) is 0 Å². The third kappa shape index (κ3) is 2.34. The first kappa shape index (κ1) is 10.1. The van der Waals surface area contributed by atoms with Crippen molar-refractivity contribution < 1.29 is 9.90 Å².